The van der Waals surface area contributed by atoms with E-state index in [-0.39, 0.29) is 30.3 Å². The van der Waals surface area contributed by atoms with Crippen molar-refractivity contribution in [2.24, 2.45) is 0 Å². The number of carbonyl (C=O) groups is 2. The second-order valence-corrected chi connectivity index (χ2v) is 5.21. The summed E-state index contributed by atoms with van der Waals surface area (Å²) in [5.74, 6) is 0.00376. The van der Waals surface area contributed by atoms with Gasteiger partial charge in [-0.15, -0.1) is 0 Å². The molecule has 2 heterocycles. The largest absolute Gasteiger partial charge is 0.375 e. The number of allylic oxidation sites excluding steroid dienone is 3. The molecule has 0 radical (unpaired) electrons. The third kappa shape index (κ3) is 2.97. The van der Waals surface area contributed by atoms with Crippen LogP contribution in [0.5, 0.6) is 0 Å². The SMILES string of the molecule is CC1=CC=C(NC2CCC(=O)CNC2=O)C(C)N1C. The van der Waals surface area contributed by atoms with Gasteiger partial charge in [-0.05, 0) is 32.4 Å². The van der Waals surface area contributed by atoms with Gasteiger partial charge in [-0.3, -0.25) is 9.59 Å². The minimum absolute atomic E-state index is 0.0899. The number of rotatable bonds is 2. The van der Waals surface area contributed by atoms with Gasteiger partial charge in [0, 0.05) is 24.9 Å². The number of nitrogens with zero attached hydrogens (tertiary/aromatic N) is 1. The minimum atomic E-state index is -0.319. The summed E-state index contributed by atoms with van der Waals surface area (Å²) in [6.07, 6.45) is 5.05. The number of amides is 1. The molecule has 0 aliphatic carbocycles. The molecule has 0 aromatic carbocycles. The Kier molecular flexibility index (Phi) is 3.93. The lowest BCUT2D eigenvalue weighted by Gasteiger charge is -2.34. The summed E-state index contributed by atoms with van der Waals surface area (Å²) in [6.45, 7) is 4.31. The lowest BCUT2D eigenvalue weighted by molar-refractivity contribution is -0.124. The predicted molar refractivity (Wildman–Crippen MR) is 73.2 cm³/mol. The molecule has 1 saturated heterocycles. The molecule has 0 bridgehead atoms. The molecule has 2 aliphatic heterocycles. The molecule has 19 heavy (non-hydrogen) atoms. The molecule has 2 rings (SSSR count). The Morgan fingerprint density at radius 1 is 1.37 bits per heavy atom. The van der Waals surface area contributed by atoms with Crippen molar-refractivity contribution in [1.29, 1.82) is 0 Å². The summed E-state index contributed by atoms with van der Waals surface area (Å²) in [4.78, 5) is 25.4. The van der Waals surface area contributed by atoms with E-state index in [2.05, 4.69) is 29.4 Å². The van der Waals surface area contributed by atoms with Crippen LogP contribution in [0.25, 0.3) is 0 Å². The number of Topliss-reactive ketones (excluding diaryl/α,β-unsaturated/α-hetero) is 1. The molecule has 2 unspecified atom stereocenters. The first-order chi connectivity index (χ1) is 8.99. The summed E-state index contributed by atoms with van der Waals surface area (Å²) in [5.41, 5.74) is 2.21. The van der Waals surface area contributed by atoms with Crippen LogP contribution in [-0.4, -0.2) is 42.3 Å². The van der Waals surface area contributed by atoms with Crippen LogP contribution in [0.2, 0.25) is 0 Å². The number of carbonyl (C=O) groups excluding carboxylic acids is 2. The molecule has 0 spiro atoms. The van der Waals surface area contributed by atoms with Gasteiger partial charge in [-0.1, -0.05) is 0 Å². The normalized spacial score (nSPS) is 28.3. The van der Waals surface area contributed by atoms with Gasteiger partial charge in [0.25, 0.3) is 0 Å². The van der Waals surface area contributed by atoms with Crippen molar-refractivity contribution in [2.45, 2.75) is 38.8 Å². The monoisotopic (exact) mass is 263 g/mol. The second kappa shape index (κ2) is 5.47. The number of hydrogen-bond acceptors (Lipinski definition) is 4. The molecular weight excluding hydrogens is 242 g/mol. The van der Waals surface area contributed by atoms with E-state index in [4.69, 9.17) is 0 Å². The van der Waals surface area contributed by atoms with Gasteiger partial charge in [0.15, 0.2) is 5.78 Å². The Hall–Kier alpha value is -1.78. The first-order valence-electron chi connectivity index (χ1n) is 6.66. The highest BCUT2D eigenvalue weighted by Crippen LogP contribution is 2.19. The molecule has 5 heteroatoms. The van der Waals surface area contributed by atoms with Gasteiger partial charge in [-0.2, -0.15) is 0 Å². The summed E-state index contributed by atoms with van der Waals surface area (Å²) < 4.78 is 0. The minimum Gasteiger partial charge on any atom is -0.375 e. The Bertz CT molecular complexity index is 454. The van der Waals surface area contributed by atoms with Crippen LogP contribution in [0.1, 0.15) is 26.7 Å². The molecule has 1 fully saturated rings. The Morgan fingerprint density at radius 3 is 2.84 bits per heavy atom. The van der Waals surface area contributed by atoms with Crippen LogP contribution in [0.15, 0.2) is 23.5 Å². The van der Waals surface area contributed by atoms with Crippen molar-refractivity contribution in [2.75, 3.05) is 13.6 Å². The number of ketones is 1. The van der Waals surface area contributed by atoms with Gasteiger partial charge < -0.3 is 15.5 Å². The molecule has 0 saturated carbocycles. The van der Waals surface area contributed by atoms with Gasteiger partial charge in [-0.25, -0.2) is 0 Å². The molecule has 2 aliphatic rings. The predicted octanol–water partition coefficient (Wildman–Crippen LogP) is 0.545. The van der Waals surface area contributed by atoms with Crippen molar-refractivity contribution in [3.05, 3.63) is 23.5 Å². The van der Waals surface area contributed by atoms with E-state index in [1.807, 2.05) is 19.2 Å². The Balaban J connectivity index is 2.08. The molecule has 104 valence electrons. The molecule has 2 N–H and O–H groups in total. The van der Waals surface area contributed by atoms with E-state index in [1.54, 1.807) is 0 Å². The standard InChI is InChI=1S/C14H21N3O2/c1-9-4-6-12(10(2)17(9)3)16-13-7-5-11(18)8-15-14(13)19/h4,6,10,13,16H,5,7-8H2,1-3H3,(H,15,19). The van der Waals surface area contributed by atoms with Crippen molar-refractivity contribution >= 4 is 11.7 Å². The average molecular weight is 263 g/mol. The maximum atomic E-state index is 11.9. The zero-order valence-corrected chi connectivity index (χ0v) is 11.7. The number of nitrogens with one attached hydrogen (secondary N) is 2. The Labute approximate surface area is 113 Å². The van der Waals surface area contributed by atoms with Crippen molar-refractivity contribution in [3.63, 3.8) is 0 Å². The molecule has 0 aromatic heterocycles. The van der Waals surface area contributed by atoms with Crippen LogP contribution >= 0.6 is 0 Å². The fourth-order valence-electron chi connectivity index (χ4n) is 2.32. The van der Waals surface area contributed by atoms with E-state index >= 15 is 0 Å². The fourth-order valence-corrected chi connectivity index (χ4v) is 2.32. The maximum Gasteiger partial charge on any atom is 0.242 e. The van der Waals surface area contributed by atoms with Gasteiger partial charge >= 0.3 is 0 Å². The highest BCUT2D eigenvalue weighted by atomic mass is 16.2. The van der Waals surface area contributed by atoms with E-state index in [1.165, 1.54) is 5.70 Å². The third-order valence-corrected chi connectivity index (χ3v) is 3.92. The highest BCUT2D eigenvalue weighted by Gasteiger charge is 2.27. The zero-order valence-electron chi connectivity index (χ0n) is 11.7. The summed E-state index contributed by atoms with van der Waals surface area (Å²) in [7, 11) is 2.03. The number of hydrogen-bond donors (Lipinski definition) is 2. The molecule has 0 aromatic rings. The lowest BCUT2D eigenvalue weighted by Crippen LogP contribution is -2.46. The summed E-state index contributed by atoms with van der Waals surface area (Å²) >= 11 is 0. The smallest absolute Gasteiger partial charge is 0.242 e. The van der Waals surface area contributed by atoms with Gasteiger partial charge in [0.05, 0.1) is 12.6 Å². The van der Waals surface area contributed by atoms with Gasteiger partial charge in [0.2, 0.25) is 5.91 Å². The molecular formula is C14H21N3O2. The topological polar surface area (TPSA) is 61.4 Å². The van der Waals surface area contributed by atoms with E-state index in [0.717, 1.165) is 5.70 Å². The quantitative estimate of drug-likeness (QED) is 0.763. The lowest BCUT2D eigenvalue weighted by atomic mass is 10.1. The van der Waals surface area contributed by atoms with Crippen molar-refractivity contribution in [3.8, 4) is 0 Å². The first kappa shape index (κ1) is 13.6. The fraction of sp³-hybridized carbons (Fsp3) is 0.571. The molecule has 5 nitrogen and oxygen atoms in total. The van der Waals surface area contributed by atoms with E-state index in [9.17, 15) is 9.59 Å². The van der Waals surface area contributed by atoms with Crippen LogP contribution in [0.4, 0.5) is 0 Å². The van der Waals surface area contributed by atoms with Crippen LogP contribution in [-0.2, 0) is 9.59 Å². The summed E-state index contributed by atoms with van der Waals surface area (Å²) in [6, 6.07) is -0.114. The second-order valence-electron chi connectivity index (χ2n) is 5.21. The molecule has 2 atom stereocenters. The zero-order chi connectivity index (χ0) is 14.0. The number of likely N-dealkylation sites (N-methyl/N-ethyl adjacent to an activating group) is 1. The van der Waals surface area contributed by atoms with E-state index < -0.39 is 0 Å². The van der Waals surface area contributed by atoms with E-state index in [0.29, 0.717) is 12.8 Å². The third-order valence-electron chi connectivity index (χ3n) is 3.92. The average Bonchev–Trinajstić information content (AvgIpc) is 2.54. The molecule has 1 amide bonds. The van der Waals surface area contributed by atoms with Crippen molar-refractivity contribution in [1.82, 2.24) is 15.5 Å². The first-order valence-corrected chi connectivity index (χ1v) is 6.66. The summed E-state index contributed by atoms with van der Waals surface area (Å²) in [5, 5.41) is 5.94. The van der Waals surface area contributed by atoms with Gasteiger partial charge in [0.1, 0.15) is 6.04 Å². The van der Waals surface area contributed by atoms with Crippen LogP contribution in [0.3, 0.4) is 0 Å². The maximum absolute atomic E-state index is 11.9. The van der Waals surface area contributed by atoms with Crippen LogP contribution < -0.4 is 10.6 Å². The van der Waals surface area contributed by atoms with Crippen molar-refractivity contribution < 1.29 is 9.59 Å². The highest BCUT2D eigenvalue weighted by molar-refractivity contribution is 5.91. The Morgan fingerprint density at radius 2 is 2.11 bits per heavy atom. The van der Waals surface area contributed by atoms with Crippen LogP contribution in [0, 0.1) is 0 Å².